The largest absolute Gasteiger partial charge is 0.508 e. The minimum absolute atomic E-state index is 0.00896. The highest BCUT2D eigenvalue weighted by molar-refractivity contribution is 5.94. The monoisotopic (exact) mass is 476 g/mol. The quantitative estimate of drug-likeness (QED) is 0.304. The van der Waals surface area contributed by atoms with Crippen LogP contribution >= 0.6 is 0 Å². The van der Waals surface area contributed by atoms with E-state index in [1.54, 1.807) is 12.1 Å². The van der Waals surface area contributed by atoms with Crippen molar-refractivity contribution in [3.63, 3.8) is 0 Å². The minimum Gasteiger partial charge on any atom is -0.508 e. The number of hydrogen-bond acceptors (Lipinski definition) is 5. The lowest BCUT2D eigenvalue weighted by Crippen LogP contribution is -2.43. The van der Waals surface area contributed by atoms with E-state index < -0.39 is 6.10 Å². The molecule has 0 aromatic heterocycles. The predicted octanol–water partition coefficient (Wildman–Crippen LogP) is 4.08. The third kappa shape index (κ3) is 7.39. The van der Waals surface area contributed by atoms with Crippen molar-refractivity contribution in [3.8, 4) is 5.75 Å². The summed E-state index contributed by atoms with van der Waals surface area (Å²) in [5.41, 5.74) is 5.73. The zero-order chi connectivity index (χ0) is 25.6. The first-order valence-electron chi connectivity index (χ1n) is 11.9. The summed E-state index contributed by atoms with van der Waals surface area (Å²) in [6.45, 7) is 8.67. The van der Waals surface area contributed by atoms with Gasteiger partial charge in [0, 0.05) is 29.8 Å². The lowest BCUT2D eigenvalue weighted by atomic mass is 9.93. The van der Waals surface area contributed by atoms with Gasteiger partial charge < -0.3 is 26.0 Å². The molecular weight excluding hydrogens is 440 g/mol. The van der Waals surface area contributed by atoms with Crippen LogP contribution in [-0.4, -0.2) is 33.3 Å². The van der Waals surface area contributed by atoms with Gasteiger partial charge in [-0.2, -0.15) is 0 Å². The summed E-state index contributed by atoms with van der Waals surface area (Å²) in [4.78, 5) is 12.8. The molecule has 1 amide bonds. The number of aliphatic hydroxyl groups excluding tert-OH is 2. The van der Waals surface area contributed by atoms with Crippen molar-refractivity contribution in [2.24, 2.45) is 0 Å². The fourth-order valence-electron chi connectivity index (χ4n) is 4.09. The van der Waals surface area contributed by atoms with Crippen LogP contribution in [0.2, 0.25) is 0 Å². The van der Waals surface area contributed by atoms with Crippen LogP contribution in [0.25, 0.3) is 0 Å². The number of aliphatic hydroxyl groups is 2. The Balaban J connectivity index is 1.59. The molecule has 0 aliphatic rings. The number of carbonyl (C=O) groups is 1. The molecule has 0 aliphatic heterocycles. The van der Waals surface area contributed by atoms with Crippen molar-refractivity contribution in [3.05, 3.63) is 99.6 Å². The molecular formula is C29H36N2O4. The van der Waals surface area contributed by atoms with Gasteiger partial charge in [0.25, 0.3) is 5.91 Å². The first-order chi connectivity index (χ1) is 16.6. The number of benzene rings is 3. The number of nitrogens with one attached hydrogen (secondary N) is 2. The summed E-state index contributed by atoms with van der Waals surface area (Å²) in [6.07, 6.45) is -0.127. The van der Waals surface area contributed by atoms with Gasteiger partial charge in [0.2, 0.25) is 0 Å². The molecule has 0 spiro atoms. The third-order valence-electron chi connectivity index (χ3n) is 6.21. The van der Waals surface area contributed by atoms with Gasteiger partial charge in [-0.3, -0.25) is 4.79 Å². The SMILES string of the molecule is Cc1ccc(C)c(CNC(=O)c2cccc(CC(C)(C)NC[C@@H](O)c3ccc(O)c(CO)c3)c2)c1. The van der Waals surface area contributed by atoms with E-state index >= 15 is 0 Å². The first-order valence-corrected chi connectivity index (χ1v) is 11.9. The summed E-state index contributed by atoms with van der Waals surface area (Å²) in [5.74, 6) is -0.101. The Morgan fingerprint density at radius 2 is 1.77 bits per heavy atom. The van der Waals surface area contributed by atoms with E-state index in [0.717, 1.165) is 16.7 Å². The molecule has 5 N–H and O–H groups in total. The molecule has 0 saturated carbocycles. The van der Waals surface area contributed by atoms with Gasteiger partial charge in [-0.15, -0.1) is 0 Å². The lowest BCUT2D eigenvalue weighted by Gasteiger charge is -2.28. The molecule has 0 bridgehead atoms. The average molecular weight is 477 g/mol. The highest BCUT2D eigenvalue weighted by Crippen LogP contribution is 2.23. The highest BCUT2D eigenvalue weighted by atomic mass is 16.3. The number of amides is 1. The Morgan fingerprint density at radius 3 is 2.51 bits per heavy atom. The van der Waals surface area contributed by atoms with Crippen molar-refractivity contribution in [2.45, 2.75) is 58.9 Å². The number of aromatic hydroxyl groups is 1. The van der Waals surface area contributed by atoms with Gasteiger partial charge in [0.1, 0.15) is 5.75 Å². The van der Waals surface area contributed by atoms with Crippen molar-refractivity contribution in [1.82, 2.24) is 10.6 Å². The maximum Gasteiger partial charge on any atom is 0.251 e. The topological polar surface area (TPSA) is 102 Å². The van der Waals surface area contributed by atoms with Crippen LogP contribution in [0, 0.1) is 13.8 Å². The van der Waals surface area contributed by atoms with Gasteiger partial charge >= 0.3 is 0 Å². The minimum atomic E-state index is -0.789. The fraction of sp³-hybridized carbons (Fsp3) is 0.345. The van der Waals surface area contributed by atoms with E-state index in [0.29, 0.717) is 36.2 Å². The number of phenols is 1. The second-order valence-corrected chi connectivity index (χ2v) is 9.82. The van der Waals surface area contributed by atoms with Crippen LogP contribution in [0.3, 0.4) is 0 Å². The van der Waals surface area contributed by atoms with E-state index in [4.69, 9.17) is 0 Å². The van der Waals surface area contributed by atoms with E-state index in [1.807, 2.05) is 52.0 Å². The summed E-state index contributed by atoms with van der Waals surface area (Å²) in [6, 6.07) is 18.6. The summed E-state index contributed by atoms with van der Waals surface area (Å²) in [5, 5.41) is 36.1. The second kappa shape index (κ2) is 11.5. The van der Waals surface area contributed by atoms with Gasteiger partial charge in [-0.05, 0) is 80.6 Å². The molecule has 0 saturated heterocycles. The van der Waals surface area contributed by atoms with Gasteiger partial charge in [-0.25, -0.2) is 0 Å². The van der Waals surface area contributed by atoms with Gasteiger partial charge in [0.15, 0.2) is 0 Å². The third-order valence-corrected chi connectivity index (χ3v) is 6.21. The van der Waals surface area contributed by atoms with Crippen LogP contribution in [0.1, 0.15) is 63.7 Å². The summed E-state index contributed by atoms with van der Waals surface area (Å²) < 4.78 is 0. The van der Waals surface area contributed by atoms with Crippen LogP contribution in [0.4, 0.5) is 0 Å². The number of carbonyl (C=O) groups excluding carboxylic acids is 1. The number of rotatable bonds is 10. The van der Waals surface area contributed by atoms with Crippen molar-refractivity contribution < 1.29 is 20.1 Å². The Morgan fingerprint density at radius 1 is 1.00 bits per heavy atom. The normalized spacial score (nSPS) is 12.4. The van der Waals surface area contributed by atoms with Crippen molar-refractivity contribution >= 4 is 5.91 Å². The second-order valence-electron chi connectivity index (χ2n) is 9.82. The lowest BCUT2D eigenvalue weighted by molar-refractivity contribution is 0.0950. The zero-order valence-electron chi connectivity index (χ0n) is 20.9. The average Bonchev–Trinajstić information content (AvgIpc) is 2.83. The molecule has 6 heteroatoms. The van der Waals surface area contributed by atoms with Crippen LogP contribution in [0.15, 0.2) is 60.7 Å². The van der Waals surface area contributed by atoms with Crippen LogP contribution in [-0.2, 0) is 19.6 Å². The van der Waals surface area contributed by atoms with E-state index in [2.05, 4.69) is 28.8 Å². The zero-order valence-corrected chi connectivity index (χ0v) is 20.9. The van der Waals surface area contributed by atoms with Gasteiger partial charge in [-0.1, -0.05) is 42.0 Å². The molecule has 35 heavy (non-hydrogen) atoms. The summed E-state index contributed by atoms with van der Waals surface area (Å²) in [7, 11) is 0. The van der Waals surface area contributed by atoms with Crippen molar-refractivity contribution in [1.29, 1.82) is 0 Å². The van der Waals surface area contributed by atoms with E-state index in [1.165, 1.54) is 11.6 Å². The molecule has 186 valence electrons. The number of β-amino-alcohol motifs (C(OH)–C–C–N with tert-alkyl or cyclic N) is 1. The molecule has 0 aliphatic carbocycles. The van der Waals surface area contributed by atoms with E-state index in [9.17, 15) is 20.1 Å². The maximum absolute atomic E-state index is 12.8. The Kier molecular flexibility index (Phi) is 8.67. The molecule has 3 aromatic carbocycles. The fourth-order valence-corrected chi connectivity index (χ4v) is 4.09. The van der Waals surface area contributed by atoms with E-state index in [-0.39, 0.29) is 23.8 Å². The smallest absolute Gasteiger partial charge is 0.251 e. The van der Waals surface area contributed by atoms with Crippen molar-refractivity contribution in [2.75, 3.05) is 6.54 Å². The van der Waals surface area contributed by atoms with Gasteiger partial charge in [0.05, 0.1) is 12.7 Å². The molecule has 1 atom stereocenters. The molecule has 6 nitrogen and oxygen atoms in total. The Bertz CT molecular complexity index is 1170. The molecule has 0 unspecified atom stereocenters. The maximum atomic E-state index is 12.8. The van der Waals surface area contributed by atoms with Crippen LogP contribution in [0.5, 0.6) is 5.75 Å². The molecule has 0 fully saturated rings. The Labute approximate surface area is 207 Å². The first kappa shape index (κ1) is 26.4. The number of hydrogen-bond donors (Lipinski definition) is 5. The molecule has 3 aromatic rings. The highest BCUT2D eigenvalue weighted by Gasteiger charge is 2.21. The van der Waals surface area contributed by atoms with Crippen LogP contribution < -0.4 is 10.6 Å². The standard InChI is InChI=1S/C29H36N2O4/c1-19-8-9-20(2)24(12-19)16-30-28(35)23-7-5-6-21(13-23)15-29(3,4)31-17-27(34)22-10-11-26(33)25(14-22)18-32/h5-14,27,31-34H,15-18H2,1-4H3,(H,30,35)/t27-/m1/s1. The Hall–Kier alpha value is -3.19. The predicted molar refractivity (Wildman–Crippen MR) is 138 cm³/mol. The molecule has 3 rings (SSSR count). The summed E-state index contributed by atoms with van der Waals surface area (Å²) >= 11 is 0. The molecule has 0 heterocycles. The molecule has 0 radical (unpaired) electrons. The number of aryl methyl sites for hydroxylation is 2.